The highest BCUT2D eigenvalue weighted by molar-refractivity contribution is 5.78. The number of benzene rings is 1. The van der Waals surface area contributed by atoms with Crippen molar-refractivity contribution in [1.29, 1.82) is 0 Å². The molecule has 2 amide bonds. The van der Waals surface area contributed by atoms with Crippen LogP contribution in [0.5, 0.6) is 0 Å². The molecule has 1 N–H and O–H groups in total. The smallest absolute Gasteiger partial charge is 0.223 e. The molecule has 138 valence electrons. The number of amides is 2. The Hall–Kier alpha value is -1.99. The van der Waals surface area contributed by atoms with E-state index in [-0.39, 0.29) is 37.1 Å². The molecule has 1 heterocycles. The van der Waals surface area contributed by atoms with Crippen LogP contribution in [0.4, 0.5) is 4.39 Å². The van der Waals surface area contributed by atoms with Crippen molar-refractivity contribution in [2.45, 2.75) is 24.9 Å². The average Bonchev–Trinajstić information content (AvgIpc) is 2.83. The molecule has 1 saturated heterocycles. The van der Waals surface area contributed by atoms with Gasteiger partial charge in [0.15, 0.2) is 0 Å². The van der Waals surface area contributed by atoms with Crippen LogP contribution in [0.15, 0.2) is 24.3 Å². The van der Waals surface area contributed by atoms with E-state index in [1.54, 1.807) is 24.1 Å². The molecule has 0 aromatic heterocycles. The summed E-state index contributed by atoms with van der Waals surface area (Å²) >= 11 is 0. The second kappa shape index (κ2) is 8.92. The fourth-order valence-corrected chi connectivity index (χ4v) is 2.90. The number of carbonyl (C=O) groups excluding carboxylic acids is 2. The van der Waals surface area contributed by atoms with Crippen LogP contribution in [-0.2, 0) is 25.5 Å². The molecule has 7 heteroatoms. The standard InChI is InChI=1S/C18H25FN2O4/c1-20-16(22)11-18(24-2)12-21(8-9-25-13-18)17(23)7-6-14-4-3-5-15(19)10-14/h3-5,10H,6-9,11-13H2,1-2H3,(H,20,22)/t18-/m1/s1. The van der Waals surface area contributed by atoms with Gasteiger partial charge in [0, 0.05) is 27.1 Å². The van der Waals surface area contributed by atoms with Crippen LogP contribution in [0, 0.1) is 5.82 Å². The minimum absolute atomic E-state index is 0.0620. The van der Waals surface area contributed by atoms with Crippen molar-refractivity contribution in [3.8, 4) is 0 Å². The summed E-state index contributed by atoms with van der Waals surface area (Å²) in [5, 5.41) is 2.57. The summed E-state index contributed by atoms with van der Waals surface area (Å²) in [5.41, 5.74) is -0.0757. The van der Waals surface area contributed by atoms with Crippen LogP contribution in [0.1, 0.15) is 18.4 Å². The fraction of sp³-hybridized carbons (Fsp3) is 0.556. The molecule has 0 bridgehead atoms. The highest BCUT2D eigenvalue weighted by Gasteiger charge is 2.38. The van der Waals surface area contributed by atoms with Crippen LogP contribution >= 0.6 is 0 Å². The topological polar surface area (TPSA) is 67.9 Å². The maximum absolute atomic E-state index is 13.2. The first-order chi connectivity index (χ1) is 12.0. The molecule has 6 nitrogen and oxygen atoms in total. The Morgan fingerprint density at radius 2 is 2.24 bits per heavy atom. The zero-order valence-electron chi connectivity index (χ0n) is 14.7. The van der Waals surface area contributed by atoms with Crippen molar-refractivity contribution in [3.63, 3.8) is 0 Å². The molecule has 0 unspecified atom stereocenters. The number of rotatable bonds is 6. The van der Waals surface area contributed by atoms with E-state index in [0.29, 0.717) is 26.1 Å². The van der Waals surface area contributed by atoms with Gasteiger partial charge >= 0.3 is 0 Å². The van der Waals surface area contributed by atoms with E-state index in [1.165, 1.54) is 19.2 Å². The fourth-order valence-electron chi connectivity index (χ4n) is 2.90. The van der Waals surface area contributed by atoms with E-state index in [1.807, 2.05) is 0 Å². The third-order valence-corrected chi connectivity index (χ3v) is 4.41. The molecule has 2 rings (SSSR count). The molecule has 1 aliphatic heterocycles. The number of nitrogens with zero attached hydrogens (tertiary/aromatic N) is 1. The Morgan fingerprint density at radius 3 is 2.92 bits per heavy atom. The van der Waals surface area contributed by atoms with Crippen LogP contribution in [0.25, 0.3) is 0 Å². The van der Waals surface area contributed by atoms with Crippen LogP contribution < -0.4 is 5.32 Å². The van der Waals surface area contributed by atoms with Gasteiger partial charge in [-0.2, -0.15) is 0 Å². The predicted octanol–water partition coefficient (Wildman–Crippen LogP) is 1.14. The molecule has 1 aromatic rings. The Labute approximate surface area is 147 Å². The molecular formula is C18H25FN2O4. The Morgan fingerprint density at radius 1 is 1.44 bits per heavy atom. The largest absolute Gasteiger partial charge is 0.377 e. The normalized spacial score (nSPS) is 20.8. The monoisotopic (exact) mass is 352 g/mol. The SMILES string of the molecule is CNC(=O)C[C@]1(OC)COCCN(C(=O)CCc2cccc(F)c2)C1. The Bertz CT molecular complexity index is 610. The molecular weight excluding hydrogens is 327 g/mol. The van der Waals surface area contributed by atoms with Gasteiger partial charge in [0.1, 0.15) is 11.4 Å². The minimum Gasteiger partial charge on any atom is -0.377 e. The number of nitrogens with one attached hydrogen (secondary N) is 1. The second-order valence-electron chi connectivity index (χ2n) is 6.23. The highest BCUT2D eigenvalue weighted by atomic mass is 19.1. The Kier molecular flexibility index (Phi) is 6.90. The Balaban J connectivity index is 2.00. The molecule has 25 heavy (non-hydrogen) atoms. The molecule has 0 spiro atoms. The molecule has 0 radical (unpaired) electrons. The van der Waals surface area contributed by atoms with Gasteiger partial charge in [-0.05, 0) is 24.1 Å². The molecule has 1 aromatic carbocycles. The maximum atomic E-state index is 13.2. The van der Waals surface area contributed by atoms with Gasteiger partial charge in [0.05, 0.1) is 26.2 Å². The number of halogens is 1. The van der Waals surface area contributed by atoms with Gasteiger partial charge < -0.3 is 19.7 Å². The first-order valence-electron chi connectivity index (χ1n) is 8.34. The van der Waals surface area contributed by atoms with Crippen molar-refractivity contribution in [1.82, 2.24) is 10.2 Å². The number of hydrogen-bond donors (Lipinski definition) is 1. The zero-order chi connectivity index (χ0) is 18.3. The molecule has 1 aliphatic rings. The minimum atomic E-state index is -0.856. The first-order valence-corrected chi connectivity index (χ1v) is 8.34. The van der Waals surface area contributed by atoms with E-state index >= 15 is 0 Å². The third kappa shape index (κ3) is 5.51. The van der Waals surface area contributed by atoms with E-state index in [0.717, 1.165) is 5.56 Å². The van der Waals surface area contributed by atoms with Crippen molar-refractivity contribution < 1.29 is 23.5 Å². The summed E-state index contributed by atoms with van der Waals surface area (Å²) in [6.45, 7) is 1.38. The summed E-state index contributed by atoms with van der Waals surface area (Å²) < 4.78 is 24.4. The van der Waals surface area contributed by atoms with Gasteiger partial charge in [-0.1, -0.05) is 12.1 Å². The van der Waals surface area contributed by atoms with Crippen LogP contribution in [0.2, 0.25) is 0 Å². The maximum Gasteiger partial charge on any atom is 0.223 e. The molecule has 0 saturated carbocycles. The van der Waals surface area contributed by atoms with E-state index in [4.69, 9.17) is 9.47 Å². The highest BCUT2D eigenvalue weighted by Crippen LogP contribution is 2.21. The van der Waals surface area contributed by atoms with E-state index in [2.05, 4.69) is 5.32 Å². The third-order valence-electron chi connectivity index (χ3n) is 4.41. The first kappa shape index (κ1) is 19.3. The molecule has 1 atom stereocenters. The van der Waals surface area contributed by atoms with Crippen molar-refractivity contribution in [2.75, 3.05) is 40.5 Å². The number of hydrogen-bond acceptors (Lipinski definition) is 4. The number of methoxy groups -OCH3 is 1. The quantitative estimate of drug-likeness (QED) is 0.834. The van der Waals surface area contributed by atoms with Gasteiger partial charge in [-0.15, -0.1) is 0 Å². The van der Waals surface area contributed by atoms with Crippen molar-refractivity contribution in [2.24, 2.45) is 0 Å². The van der Waals surface area contributed by atoms with E-state index < -0.39 is 5.60 Å². The number of ether oxygens (including phenoxy) is 2. The predicted molar refractivity (Wildman–Crippen MR) is 90.5 cm³/mol. The van der Waals surface area contributed by atoms with Gasteiger partial charge in [-0.25, -0.2) is 4.39 Å². The summed E-state index contributed by atoms with van der Waals surface area (Å²) in [7, 11) is 3.08. The van der Waals surface area contributed by atoms with Gasteiger partial charge in [0.2, 0.25) is 11.8 Å². The lowest BCUT2D eigenvalue weighted by molar-refractivity contribution is -0.140. The van der Waals surface area contributed by atoms with Crippen molar-refractivity contribution >= 4 is 11.8 Å². The second-order valence-corrected chi connectivity index (χ2v) is 6.23. The lowest BCUT2D eigenvalue weighted by Gasteiger charge is -2.33. The van der Waals surface area contributed by atoms with Gasteiger partial charge in [0.25, 0.3) is 0 Å². The summed E-state index contributed by atoms with van der Waals surface area (Å²) in [4.78, 5) is 26.0. The summed E-state index contributed by atoms with van der Waals surface area (Å²) in [6.07, 6.45) is 0.847. The molecule has 0 aliphatic carbocycles. The lowest BCUT2D eigenvalue weighted by atomic mass is 9.98. The number of aryl methyl sites for hydroxylation is 1. The average molecular weight is 352 g/mol. The summed E-state index contributed by atoms with van der Waals surface area (Å²) in [5.74, 6) is -0.537. The summed E-state index contributed by atoms with van der Waals surface area (Å²) in [6, 6.07) is 6.24. The van der Waals surface area contributed by atoms with Crippen LogP contribution in [-0.4, -0.2) is 62.8 Å². The van der Waals surface area contributed by atoms with Crippen LogP contribution in [0.3, 0.4) is 0 Å². The van der Waals surface area contributed by atoms with E-state index in [9.17, 15) is 14.0 Å². The zero-order valence-corrected chi connectivity index (χ0v) is 14.7. The number of carbonyl (C=O) groups is 2. The molecule has 1 fully saturated rings. The van der Waals surface area contributed by atoms with Gasteiger partial charge in [-0.3, -0.25) is 9.59 Å². The lowest BCUT2D eigenvalue weighted by Crippen LogP contribution is -2.50. The van der Waals surface area contributed by atoms with Crippen molar-refractivity contribution in [3.05, 3.63) is 35.6 Å².